The smallest absolute Gasteiger partial charge is 0.164 e. The molecular weight excluding hydrogens is 695 g/mol. The zero-order valence-electron chi connectivity index (χ0n) is 30.8. The van der Waals surface area contributed by atoms with Crippen LogP contribution in [0.15, 0.2) is 205 Å². The van der Waals surface area contributed by atoms with Gasteiger partial charge in [-0.05, 0) is 91.8 Å². The summed E-state index contributed by atoms with van der Waals surface area (Å²) in [6.45, 7) is 0. The van der Waals surface area contributed by atoms with Gasteiger partial charge in [0.2, 0.25) is 0 Å². The second-order valence-electron chi connectivity index (χ2n) is 14.4. The maximum Gasteiger partial charge on any atom is 0.164 e. The number of fused-ring (bicyclic) bond motifs is 5. The van der Waals surface area contributed by atoms with Crippen molar-refractivity contribution >= 4 is 43.5 Å². The molecular formula is C53H33N3O. The van der Waals surface area contributed by atoms with Crippen molar-refractivity contribution in [2.24, 2.45) is 0 Å². The molecule has 0 aliphatic heterocycles. The van der Waals surface area contributed by atoms with E-state index in [9.17, 15) is 0 Å². The van der Waals surface area contributed by atoms with E-state index in [1.54, 1.807) is 0 Å². The van der Waals surface area contributed by atoms with Gasteiger partial charge in [-0.15, -0.1) is 0 Å². The van der Waals surface area contributed by atoms with Crippen LogP contribution in [0.2, 0.25) is 0 Å². The third-order valence-electron chi connectivity index (χ3n) is 10.9. The second-order valence-corrected chi connectivity index (χ2v) is 14.4. The molecule has 11 aromatic rings. The van der Waals surface area contributed by atoms with Crippen molar-refractivity contribution < 1.29 is 4.42 Å². The summed E-state index contributed by atoms with van der Waals surface area (Å²) in [4.78, 5) is 15.6. The van der Waals surface area contributed by atoms with Crippen molar-refractivity contribution in [3.63, 3.8) is 0 Å². The van der Waals surface area contributed by atoms with E-state index in [0.717, 1.165) is 76.9 Å². The van der Waals surface area contributed by atoms with E-state index < -0.39 is 0 Å². The van der Waals surface area contributed by atoms with Gasteiger partial charge in [-0.3, -0.25) is 0 Å². The van der Waals surface area contributed by atoms with E-state index in [1.807, 2.05) is 42.5 Å². The van der Waals surface area contributed by atoms with Crippen molar-refractivity contribution in [3.8, 4) is 67.5 Å². The van der Waals surface area contributed by atoms with E-state index in [-0.39, 0.29) is 0 Å². The van der Waals surface area contributed by atoms with Crippen molar-refractivity contribution in [3.05, 3.63) is 200 Å². The fourth-order valence-corrected chi connectivity index (χ4v) is 8.01. The molecule has 4 heteroatoms. The molecule has 0 radical (unpaired) electrons. The van der Waals surface area contributed by atoms with E-state index >= 15 is 0 Å². The fourth-order valence-electron chi connectivity index (χ4n) is 8.01. The van der Waals surface area contributed by atoms with Gasteiger partial charge >= 0.3 is 0 Å². The first-order valence-electron chi connectivity index (χ1n) is 19.2. The minimum absolute atomic E-state index is 0.587. The summed E-state index contributed by atoms with van der Waals surface area (Å²) in [7, 11) is 0. The van der Waals surface area contributed by atoms with Crippen molar-refractivity contribution in [2.75, 3.05) is 0 Å². The van der Waals surface area contributed by atoms with Gasteiger partial charge in [0.25, 0.3) is 0 Å². The Hall–Kier alpha value is -7.69. The third kappa shape index (κ3) is 5.92. The van der Waals surface area contributed by atoms with Crippen molar-refractivity contribution in [1.82, 2.24) is 15.0 Å². The Morgan fingerprint density at radius 3 is 1.49 bits per heavy atom. The lowest BCUT2D eigenvalue weighted by molar-refractivity contribution is 0.670. The highest BCUT2D eigenvalue weighted by atomic mass is 16.3. The molecule has 0 unspecified atom stereocenters. The fraction of sp³-hybridized carbons (Fsp3) is 0. The van der Waals surface area contributed by atoms with E-state index in [2.05, 4.69) is 158 Å². The number of hydrogen-bond donors (Lipinski definition) is 0. The van der Waals surface area contributed by atoms with Crippen LogP contribution in [0.3, 0.4) is 0 Å². The first-order valence-corrected chi connectivity index (χ1v) is 19.2. The van der Waals surface area contributed by atoms with Gasteiger partial charge in [-0.2, -0.15) is 0 Å². The van der Waals surface area contributed by atoms with Crippen LogP contribution >= 0.6 is 0 Å². The molecule has 0 saturated heterocycles. The maximum atomic E-state index is 6.90. The molecule has 0 spiro atoms. The average molecular weight is 728 g/mol. The Morgan fingerprint density at radius 2 is 0.789 bits per heavy atom. The summed E-state index contributed by atoms with van der Waals surface area (Å²) >= 11 is 0. The minimum atomic E-state index is 0.587. The first kappa shape index (κ1) is 32.7. The summed E-state index contributed by atoms with van der Waals surface area (Å²) in [5, 5.41) is 6.53. The predicted molar refractivity (Wildman–Crippen MR) is 235 cm³/mol. The van der Waals surface area contributed by atoms with E-state index in [1.165, 1.54) is 16.7 Å². The topological polar surface area (TPSA) is 51.8 Å². The quantitative estimate of drug-likeness (QED) is 0.171. The normalized spacial score (nSPS) is 11.5. The summed E-state index contributed by atoms with van der Waals surface area (Å²) in [6.07, 6.45) is 0. The van der Waals surface area contributed by atoms with Gasteiger partial charge in [0.05, 0.1) is 0 Å². The number of furan rings is 1. The van der Waals surface area contributed by atoms with Crippen LogP contribution in [0, 0.1) is 0 Å². The molecule has 2 aromatic heterocycles. The standard InChI is InChI=1S/C53H33N3O/c1-4-13-34(14-5-1)37-21-12-22-43(30-37)45-27-28-46(49-47-32-38-19-10-11-20-39(38)33-48(47)57-50(45)49)53-55-51(36-17-8-3-9-18-36)54-52(56-53)44-26-25-41-29-40(23-24-42(41)31-44)35-15-6-2-7-16-35/h1-33H. The minimum Gasteiger partial charge on any atom is -0.455 e. The van der Waals surface area contributed by atoms with Crippen LogP contribution in [-0.2, 0) is 0 Å². The molecule has 9 aromatic carbocycles. The van der Waals surface area contributed by atoms with Gasteiger partial charge in [-0.1, -0.05) is 158 Å². The molecule has 4 nitrogen and oxygen atoms in total. The van der Waals surface area contributed by atoms with Gasteiger partial charge in [-0.25, -0.2) is 15.0 Å². The predicted octanol–water partition coefficient (Wildman–Crippen LogP) is 14.1. The molecule has 0 fully saturated rings. The van der Waals surface area contributed by atoms with Crippen LogP contribution in [0.4, 0.5) is 0 Å². The lowest BCUT2D eigenvalue weighted by atomic mass is 9.95. The Bertz CT molecular complexity index is 3280. The third-order valence-corrected chi connectivity index (χ3v) is 10.9. The maximum absolute atomic E-state index is 6.90. The number of aromatic nitrogens is 3. The van der Waals surface area contributed by atoms with Crippen LogP contribution in [0.5, 0.6) is 0 Å². The molecule has 0 aliphatic rings. The lowest BCUT2D eigenvalue weighted by Gasteiger charge is -2.12. The number of nitrogens with zero attached hydrogens (tertiary/aromatic N) is 3. The largest absolute Gasteiger partial charge is 0.455 e. The molecule has 0 bridgehead atoms. The van der Waals surface area contributed by atoms with Gasteiger partial charge in [0, 0.05) is 33.0 Å². The first-order chi connectivity index (χ1) is 28.2. The van der Waals surface area contributed by atoms with Crippen molar-refractivity contribution in [2.45, 2.75) is 0 Å². The number of hydrogen-bond acceptors (Lipinski definition) is 4. The van der Waals surface area contributed by atoms with Crippen LogP contribution < -0.4 is 0 Å². The summed E-state index contributed by atoms with van der Waals surface area (Å²) in [5.41, 5.74) is 11.1. The molecule has 2 heterocycles. The zero-order valence-corrected chi connectivity index (χ0v) is 30.8. The highest BCUT2D eigenvalue weighted by Crippen LogP contribution is 2.43. The lowest BCUT2D eigenvalue weighted by Crippen LogP contribution is -2.00. The molecule has 11 rings (SSSR count). The summed E-state index contributed by atoms with van der Waals surface area (Å²) in [6, 6.07) is 69.9. The van der Waals surface area contributed by atoms with Crippen LogP contribution in [0.25, 0.3) is 111 Å². The van der Waals surface area contributed by atoms with Gasteiger partial charge < -0.3 is 4.42 Å². The number of rotatable bonds is 6. The molecule has 0 atom stereocenters. The monoisotopic (exact) mass is 727 g/mol. The zero-order chi connectivity index (χ0) is 37.7. The Kier molecular flexibility index (Phi) is 7.78. The Balaban J connectivity index is 1.13. The SMILES string of the molecule is c1ccc(-c2cccc(-c3ccc(-c4nc(-c5ccccc5)nc(-c5ccc6cc(-c7ccccc7)ccc6c5)n4)c4c3oc3cc5ccccc5cc34)c2)cc1. The molecule has 0 saturated carbocycles. The highest BCUT2D eigenvalue weighted by molar-refractivity contribution is 6.18. The van der Waals surface area contributed by atoms with Gasteiger partial charge in [0.1, 0.15) is 11.2 Å². The molecule has 266 valence electrons. The molecule has 57 heavy (non-hydrogen) atoms. The van der Waals surface area contributed by atoms with Crippen LogP contribution in [-0.4, -0.2) is 15.0 Å². The molecule has 0 N–H and O–H groups in total. The molecule has 0 amide bonds. The van der Waals surface area contributed by atoms with E-state index in [0.29, 0.717) is 17.5 Å². The van der Waals surface area contributed by atoms with E-state index in [4.69, 9.17) is 19.4 Å². The van der Waals surface area contributed by atoms with Gasteiger partial charge in [0.15, 0.2) is 17.5 Å². The van der Waals surface area contributed by atoms with Crippen LogP contribution in [0.1, 0.15) is 0 Å². The second kappa shape index (κ2) is 13.6. The Labute approximate surface area is 329 Å². The van der Waals surface area contributed by atoms with Crippen molar-refractivity contribution in [1.29, 1.82) is 0 Å². The Morgan fingerprint density at radius 1 is 0.298 bits per heavy atom. The average Bonchev–Trinajstić information content (AvgIpc) is 3.66. The summed E-state index contributed by atoms with van der Waals surface area (Å²) < 4.78 is 6.90. The molecule has 0 aliphatic carbocycles. The number of benzene rings is 9. The highest BCUT2D eigenvalue weighted by Gasteiger charge is 2.22. The summed E-state index contributed by atoms with van der Waals surface area (Å²) in [5.74, 6) is 1.81.